The van der Waals surface area contributed by atoms with E-state index in [2.05, 4.69) is 0 Å². The molecule has 0 saturated carbocycles. The van der Waals surface area contributed by atoms with Gasteiger partial charge in [0.15, 0.2) is 17.3 Å². The number of aliphatic hydroxyl groups excluding tert-OH is 1. The molecular formula is C24H17ClFNO4. The zero-order chi connectivity index (χ0) is 21.5. The van der Waals surface area contributed by atoms with Crippen LogP contribution in [0.5, 0.6) is 11.5 Å². The fourth-order valence-corrected chi connectivity index (χ4v) is 4.12. The van der Waals surface area contributed by atoms with E-state index in [1.54, 1.807) is 54.6 Å². The quantitative estimate of drug-likeness (QED) is 0.604. The molecule has 2 heterocycles. The number of hydrogen-bond acceptors (Lipinski definition) is 4. The van der Waals surface area contributed by atoms with Crippen LogP contribution in [0.15, 0.2) is 72.5 Å². The number of aliphatic hydroxyl groups is 1. The van der Waals surface area contributed by atoms with Gasteiger partial charge in [0, 0.05) is 22.7 Å². The smallest absolute Gasteiger partial charge is 0.290 e. The molecule has 0 aromatic heterocycles. The maximum Gasteiger partial charge on any atom is 0.290 e. The Morgan fingerprint density at radius 3 is 2.55 bits per heavy atom. The molecule has 1 amide bonds. The van der Waals surface area contributed by atoms with Gasteiger partial charge < -0.3 is 19.5 Å². The zero-order valence-electron chi connectivity index (χ0n) is 16.2. The molecule has 2 aliphatic heterocycles. The summed E-state index contributed by atoms with van der Waals surface area (Å²) in [6.45, 7) is 0.290. The summed E-state index contributed by atoms with van der Waals surface area (Å²) in [4.78, 5) is 14.6. The number of halogens is 2. The zero-order valence-corrected chi connectivity index (χ0v) is 17.0. The summed E-state index contributed by atoms with van der Waals surface area (Å²) in [5.41, 5.74) is 2.00. The molecule has 7 heteroatoms. The fraction of sp³-hybridized carbons (Fsp3) is 0.125. The van der Waals surface area contributed by atoms with Crippen molar-refractivity contribution in [3.63, 3.8) is 0 Å². The Kier molecular flexibility index (Phi) is 4.79. The molecule has 0 saturated heterocycles. The summed E-state index contributed by atoms with van der Waals surface area (Å²) in [6.07, 6.45) is 0. The van der Waals surface area contributed by atoms with E-state index in [0.29, 0.717) is 33.2 Å². The first-order valence-electron chi connectivity index (χ1n) is 9.66. The third-order valence-corrected chi connectivity index (χ3v) is 5.70. The second-order valence-corrected chi connectivity index (χ2v) is 7.75. The van der Waals surface area contributed by atoms with Crippen molar-refractivity contribution < 1.29 is 23.8 Å². The van der Waals surface area contributed by atoms with Crippen LogP contribution in [0.25, 0.3) is 5.57 Å². The number of benzene rings is 3. The average molecular weight is 438 g/mol. The van der Waals surface area contributed by atoms with Gasteiger partial charge >= 0.3 is 0 Å². The minimum atomic E-state index is -0.805. The normalized spacial score (nSPS) is 17.5. The molecule has 1 atom stereocenters. The fourth-order valence-electron chi connectivity index (χ4n) is 4.00. The molecule has 5 nitrogen and oxygen atoms in total. The predicted molar refractivity (Wildman–Crippen MR) is 113 cm³/mol. The molecule has 0 radical (unpaired) electrons. The largest absolute Gasteiger partial charge is 0.503 e. The minimum absolute atomic E-state index is 0.141. The van der Waals surface area contributed by atoms with Crippen LogP contribution in [-0.2, 0) is 11.3 Å². The maximum atomic E-state index is 14.8. The molecule has 1 N–H and O–H groups in total. The first kappa shape index (κ1) is 19.5. The lowest BCUT2D eigenvalue weighted by atomic mass is 9.93. The SMILES string of the molecule is O=C1C(O)=C(c2ccc(Cl)cc2)[C@H](c2ccccc2F)N1Cc1ccc2c(c1)OCO2. The van der Waals surface area contributed by atoms with Crippen LogP contribution in [0.2, 0.25) is 5.02 Å². The van der Waals surface area contributed by atoms with Crippen molar-refractivity contribution in [3.8, 4) is 11.5 Å². The van der Waals surface area contributed by atoms with Crippen LogP contribution in [0, 0.1) is 5.82 Å². The Bertz CT molecular complexity index is 1210. The Labute approximate surface area is 182 Å². The molecular weight excluding hydrogens is 421 g/mol. The average Bonchev–Trinajstić information content (AvgIpc) is 3.33. The van der Waals surface area contributed by atoms with Gasteiger partial charge in [0.25, 0.3) is 5.91 Å². The van der Waals surface area contributed by atoms with Gasteiger partial charge in [-0.25, -0.2) is 4.39 Å². The molecule has 3 aromatic carbocycles. The Hall–Kier alpha value is -3.51. The number of fused-ring (bicyclic) bond motifs is 1. The van der Waals surface area contributed by atoms with Gasteiger partial charge in [0.05, 0.1) is 6.04 Å². The topological polar surface area (TPSA) is 59.0 Å². The lowest BCUT2D eigenvalue weighted by Crippen LogP contribution is -2.30. The van der Waals surface area contributed by atoms with Crippen molar-refractivity contribution in [2.75, 3.05) is 6.79 Å². The van der Waals surface area contributed by atoms with E-state index in [4.69, 9.17) is 21.1 Å². The van der Waals surface area contributed by atoms with Gasteiger partial charge in [0.1, 0.15) is 5.82 Å². The van der Waals surface area contributed by atoms with Crippen LogP contribution in [0.1, 0.15) is 22.7 Å². The van der Waals surface area contributed by atoms with Crippen LogP contribution in [0.4, 0.5) is 4.39 Å². The highest BCUT2D eigenvalue weighted by atomic mass is 35.5. The highest BCUT2D eigenvalue weighted by molar-refractivity contribution is 6.30. The van der Waals surface area contributed by atoms with E-state index in [1.165, 1.54) is 11.0 Å². The minimum Gasteiger partial charge on any atom is -0.503 e. The third-order valence-electron chi connectivity index (χ3n) is 5.45. The van der Waals surface area contributed by atoms with E-state index in [1.807, 2.05) is 6.07 Å². The van der Waals surface area contributed by atoms with Crippen molar-refractivity contribution in [2.24, 2.45) is 0 Å². The number of nitrogens with zero attached hydrogens (tertiary/aromatic N) is 1. The molecule has 5 rings (SSSR count). The number of hydrogen-bond donors (Lipinski definition) is 1. The highest BCUT2D eigenvalue weighted by Crippen LogP contribution is 2.45. The van der Waals surface area contributed by atoms with Gasteiger partial charge in [-0.15, -0.1) is 0 Å². The van der Waals surface area contributed by atoms with Gasteiger partial charge in [-0.05, 0) is 41.5 Å². The van der Waals surface area contributed by atoms with E-state index < -0.39 is 23.5 Å². The Balaban J connectivity index is 1.59. The molecule has 0 spiro atoms. The van der Waals surface area contributed by atoms with E-state index >= 15 is 0 Å². The molecule has 0 unspecified atom stereocenters. The molecule has 2 aliphatic rings. The molecule has 31 heavy (non-hydrogen) atoms. The van der Waals surface area contributed by atoms with Crippen molar-refractivity contribution in [1.82, 2.24) is 4.90 Å². The van der Waals surface area contributed by atoms with Crippen LogP contribution >= 0.6 is 11.6 Å². The second-order valence-electron chi connectivity index (χ2n) is 7.31. The van der Waals surface area contributed by atoms with E-state index in [-0.39, 0.29) is 13.3 Å². The summed E-state index contributed by atoms with van der Waals surface area (Å²) < 4.78 is 25.6. The number of amides is 1. The third kappa shape index (κ3) is 3.39. The maximum absolute atomic E-state index is 14.8. The summed E-state index contributed by atoms with van der Waals surface area (Å²) in [5, 5.41) is 11.3. The van der Waals surface area contributed by atoms with Gasteiger partial charge in [-0.2, -0.15) is 0 Å². The predicted octanol–water partition coefficient (Wildman–Crippen LogP) is 5.26. The molecule has 3 aromatic rings. The van der Waals surface area contributed by atoms with Crippen LogP contribution in [0.3, 0.4) is 0 Å². The van der Waals surface area contributed by atoms with Crippen LogP contribution in [-0.4, -0.2) is 22.7 Å². The number of carbonyl (C=O) groups is 1. The van der Waals surface area contributed by atoms with Gasteiger partial charge in [-0.1, -0.05) is 48.0 Å². The highest BCUT2D eigenvalue weighted by Gasteiger charge is 2.42. The summed E-state index contributed by atoms with van der Waals surface area (Å²) in [6, 6.07) is 17.6. The Morgan fingerprint density at radius 2 is 1.77 bits per heavy atom. The summed E-state index contributed by atoms with van der Waals surface area (Å²) >= 11 is 6.01. The summed E-state index contributed by atoms with van der Waals surface area (Å²) in [5.74, 6) is -0.226. The van der Waals surface area contributed by atoms with Gasteiger partial charge in [-0.3, -0.25) is 4.79 Å². The van der Waals surface area contributed by atoms with Gasteiger partial charge in [0.2, 0.25) is 6.79 Å². The molecule has 0 aliphatic carbocycles. The molecule has 156 valence electrons. The standard InChI is InChI=1S/C24H17ClFNO4/c25-16-8-6-15(7-9-16)21-22(17-3-1-2-4-18(17)26)27(24(29)23(21)28)12-14-5-10-19-20(11-14)31-13-30-19/h1-11,22,28H,12-13H2/t22-/m0/s1. The van der Waals surface area contributed by atoms with E-state index in [0.717, 1.165) is 5.56 Å². The molecule has 0 fully saturated rings. The van der Waals surface area contributed by atoms with Crippen molar-refractivity contribution >= 4 is 23.1 Å². The van der Waals surface area contributed by atoms with Crippen molar-refractivity contribution in [1.29, 1.82) is 0 Å². The van der Waals surface area contributed by atoms with E-state index in [9.17, 15) is 14.3 Å². The number of rotatable bonds is 4. The number of ether oxygens (including phenoxy) is 2. The first-order valence-corrected chi connectivity index (χ1v) is 10.0. The lowest BCUT2D eigenvalue weighted by Gasteiger charge is -2.28. The first-order chi connectivity index (χ1) is 15.0. The molecule has 0 bridgehead atoms. The Morgan fingerprint density at radius 1 is 1.03 bits per heavy atom. The van der Waals surface area contributed by atoms with Crippen LogP contribution < -0.4 is 9.47 Å². The second kappa shape index (κ2) is 7.63. The lowest BCUT2D eigenvalue weighted by molar-refractivity contribution is -0.130. The van der Waals surface area contributed by atoms with Crippen molar-refractivity contribution in [2.45, 2.75) is 12.6 Å². The number of carbonyl (C=O) groups excluding carboxylic acids is 1. The summed E-state index contributed by atoms with van der Waals surface area (Å²) in [7, 11) is 0. The van der Waals surface area contributed by atoms with Crippen molar-refractivity contribution in [3.05, 3.63) is 100 Å². The monoisotopic (exact) mass is 437 g/mol.